The van der Waals surface area contributed by atoms with Crippen LogP contribution in [-0.4, -0.2) is 47.3 Å². The number of benzene rings is 1. The average molecular weight is 292 g/mol. The molecule has 1 aromatic rings. The van der Waals surface area contributed by atoms with E-state index >= 15 is 0 Å². The highest BCUT2D eigenvalue weighted by Gasteiger charge is 2.47. The number of hydrogen-bond donors (Lipinski definition) is 2. The van der Waals surface area contributed by atoms with E-state index in [1.54, 1.807) is 24.0 Å². The fourth-order valence-corrected chi connectivity index (χ4v) is 3.04. The molecule has 1 fully saturated rings. The normalized spacial score (nSPS) is 26.7. The molecule has 0 bridgehead atoms. The Morgan fingerprint density at radius 2 is 2.24 bits per heavy atom. The number of aromatic hydroxyl groups is 1. The van der Waals surface area contributed by atoms with Gasteiger partial charge in [-0.25, -0.2) is 0 Å². The number of amides is 1. The van der Waals surface area contributed by atoms with E-state index in [1.165, 1.54) is 7.11 Å². The van der Waals surface area contributed by atoms with Crippen molar-refractivity contribution in [2.24, 2.45) is 5.41 Å². The minimum atomic E-state index is -0.587. The Morgan fingerprint density at radius 3 is 2.71 bits per heavy atom. The summed E-state index contributed by atoms with van der Waals surface area (Å²) in [7, 11) is 1.49. The Morgan fingerprint density at radius 1 is 1.57 bits per heavy atom. The van der Waals surface area contributed by atoms with Gasteiger partial charge in [-0.1, -0.05) is 13.0 Å². The van der Waals surface area contributed by atoms with Gasteiger partial charge in [-0.2, -0.15) is 0 Å². The number of likely N-dealkylation sites (tertiary alicyclic amines) is 1. The quantitative estimate of drug-likeness (QED) is 0.887. The Kier molecular flexibility index (Phi) is 4.14. The lowest BCUT2D eigenvalue weighted by atomic mass is 9.72. The van der Waals surface area contributed by atoms with Crippen molar-refractivity contribution in [2.75, 3.05) is 20.2 Å². The molecule has 1 radical (unpaired) electrons. The van der Waals surface area contributed by atoms with Crippen molar-refractivity contribution in [3.05, 3.63) is 30.7 Å². The van der Waals surface area contributed by atoms with Gasteiger partial charge in [0.05, 0.1) is 13.2 Å². The second-order valence-electron chi connectivity index (χ2n) is 5.94. The third-order valence-corrected chi connectivity index (χ3v) is 4.64. The molecular formula is C16H22NO4. The van der Waals surface area contributed by atoms with Crippen molar-refractivity contribution in [1.82, 2.24) is 4.90 Å². The summed E-state index contributed by atoms with van der Waals surface area (Å²) in [6.07, 6.45) is -0.587. The van der Waals surface area contributed by atoms with Crippen LogP contribution in [0.2, 0.25) is 0 Å². The fourth-order valence-electron chi connectivity index (χ4n) is 3.04. The SMILES string of the molecule is [CH2]C(=O)N1C[C@@H](c2ccc(OC)c(O)c2)[C@](C)([C@@H](C)O)C1. The van der Waals surface area contributed by atoms with E-state index in [4.69, 9.17) is 4.74 Å². The van der Waals surface area contributed by atoms with Gasteiger partial charge in [0.2, 0.25) is 5.91 Å². The summed E-state index contributed by atoms with van der Waals surface area (Å²) in [4.78, 5) is 13.2. The van der Waals surface area contributed by atoms with E-state index in [0.29, 0.717) is 18.8 Å². The zero-order valence-corrected chi connectivity index (χ0v) is 12.7. The molecule has 0 aromatic heterocycles. The predicted molar refractivity (Wildman–Crippen MR) is 79.1 cm³/mol. The number of carbonyl (C=O) groups is 1. The van der Waals surface area contributed by atoms with Crippen molar-refractivity contribution in [3.8, 4) is 11.5 Å². The average Bonchev–Trinajstić information content (AvgIpc) is 2.78. The molecule has 2 N–H and O–H groups in total. The number of methoxy groups -OCH3 is 1. The molecule has 1 aliphatic rings. The lowest BCUT2D eigenvalue weighted by Gasteiger charge is -2.33. The Labute approximate surface area is 125 Å². The van der Waals surface area contributed by atoms with Gasteiger partial charge in [-0.05, 0) is 24.6 Å². The highest BCUT2D eigenvalue weighted by atomic mass is 16.5. The van der Waals surface area contributed by atoms with Gasteiger partial charge in [0, 0.05) is 31.3 Å². The van der Waals surface area contributed by atoms with E-state index in [0.717, 1.165) is 5.56 Å². The number of nitrogens with zero attached hydrogens (tertiary/aromatic N) is 1. The highest BCUT2D eigenvalue weighted by molar-refractivity contribution is 5.80. The zero-order valence-electron chi connectivity index (χ0n) is 12.7. The molecule has 0 aliphatic carbocycles. The van der Waals surface area contributed by atoms with Gasteiger partial charge in [-0.15, -0.1) is 0 Å². The molecule has 3 atom stereocenters. The summed E-state index contributed by atoms with van der Waals surface area (Å²) < 4.78 is 5.05. The molecule has 1 aromatic carbocycles. The Hall–Kier alpha value is -1.75. The van der Waals surface area contributed by atoms with E-state index < -0.39 is 11.5 Å². The van der Waals surface area contributed by atoms with Crippen LogP contribution in [0, 0.1) is 12.3 Å². The fraction of sp³-hybridized carbons (Fsp3) is 0.500. The first-order valence-corrected chi connectivity index (χ1v) is 6.95. The summed E-state index contributed by atoms with van der Waals surface area (Å²) >= 11 is 0. The van der Waals surface area contributed by atoms with Gasteiger partial charge >= 0.3 is 0 Å². The van der Waals surface area contributed by atoms with Gasteiger partial charge in [0.15, 0.2) is 11.5 Å². The third-order valence-electron chi connectivity index (χ3n) is 4.64. The minimum Gasteiger partial charge on any atom is -0.504 e. The van der Waals surface area contributed by atoms with Crippen molar-refractivity contribution in [3.63, 3.8) is 0 Å². The molecule has 21 heavy (non-hydrogen) atoms. The number of ether oxygens (including phenoxy) is 1. The van der Waals surface area contributed by atoms with E-state index in [2.05, 4.69) is 6.92 Å². The maximum Gasteiger partial charge on any atom is 0.223 e. The van der Waals surface area contributed by atoms with Crippen LogP contribution in [0.3, 0.4) is 0 Å². The van der Waals surface area contributed by atoms with Crippen LogP contribution >= 0.6 is 0 Å². The van der Waals surface area contributed by atoms with Crippen molar-refractivity contribution in [1.29, 1.82) is 0 Å². The van der Waals surface area contributed by atoms with E-state index in [9.17, 15) is 15.0 Å². The molecule has 2 rings (SSSR count). The first-order valence-electron chi connectivity index (χ1n) is 6.95. The second kappa shape index (κ2) is 5.56. The molecule has 5 nitrogen and oxygen atoms in total. The smallest absolute Gasteiger partial charge is 0.223 e. The molecule has 0 unspecified atom stereocenters. The summed E-state index contributed by atoms with van der Waals surface area (Å²) in [5, 5.41) is 20.1. The van der Waals surface area contributed by atoms with Crippen molar-refractivity contribution >= 4 is 5.91 Å². The molecule has 0 saturated carbocycles. The van der Waals surface area contributed by atoms with Crippen LogP contribution < -0.4 is 4.74 Å². The van der Waals surface area contributed by atoms with Crippen LogP contribution in [-0.2, 0) is 4.79 Å². The molecule has 5 heteroatoms. The van der Waals surface area contributed by atoms with Crippen LogP contribution in [0.1, 0.15) is 25.3 Å². The topological polar surface area (TPSA) is 70.0 Å². The first-order chi connectivity index (χ1) is 9.79. The van der Waals surface area contributed by atoms with Crippen molar-refractivity contribution < 1.29 is 19.7 Å². The predicted octanol–water partition coefficient (Wildman–Crippen LogP) is 1.55. The maximum atomic E-state index is 11.6. The molecule has 1 aliphatic heterocycles. The number of phenolic OH excluding ortho intramolecular Hbond substituents is 1. The number of phenols is 1. The third kappa shape index (κ3) is 2.70. The van der Waals surface area contributed by atoms with E-state index in [1.807, 2.05) is 13.0 Å². The summed E-state index contributed by atoms with van der Waals surface area (Å²) in [5.41, 5.74) is 0.398. The Bertz CT molecular complexity index is 543. The van der Waals surface area contributed by atoms with Crippen LogP contribution in [0.5, 0.6) is 11.5 Å². The highest BCUT2D eigenvalue weighted by Crippen LogP contribution is 2.46. The largest absolute Gasteiger partial charge is 0.504 e. The first kappa shape index (κ1) is 15.6. The minimum absolute atomic E-state index is 0.0577. The van der Waals surface area contributed by atoms with Gasteiger partial charge in [-0.3, -0.25) is 4.79 Å². The summed E-state index contributed by atoms with van der Waals surface area (Å²) in [5.74, 6) is 0.144. The second-order valence-corrected chi connectivity index (χ2v) is 5.94. The number of aliphatic hydroxyl groups excluding tert-OH is 1. The Balaban J connectivity index is 2.40. The van der Waals surface area contributed by atoms with Crippen LogP contribution in [0.25, 0.3) is 0 Å². The molecule has 1 saturated heterocycles. The molecule has 1 amide bonds. The number of carbonyl (C=O) groups excluding carboxylic acids is 1. The van der Waals surface area contributed by atoms with E-state index in [-0.39, 0.29) is 17.6 Å². The van der Waals surface area contributed by atoms with Gasteiger partial charge in [0.25, 0.3) is 0 Å². The molecule has 0 spiro atoms. The van der Waals surface area contributed by atoms with Gasteiger partial charge in [0.1, 0.15) is 0 Å². The van der Waals surface area contributed by atoms with Crippen LogP contribution in [0.15, 0.2) is 18.2 Å². The summed E-state index contributed by atoms with van der Waals surface area (Å²) in [6.45, 7) is 8.07. The summed E-state index contributed by atoms with van der Waals surface area (Å²) in [6, 6.07) is 5.20. The van der Waals surface area contributed by atoms with Crippen molar-refractivity contribution in [2.45, 2.75) is 25.9 Å². The molecular weight excluding hydrogens is 270 g/mol. The lowest BCUT2D eigenvalue weighted by molar-refractivity contribution is -0.125. The van der Waals surface area contributed by atoms with Crippen LogP contribution in [0.4, 0.5) is 0 Å². The maximum absolute atomic E-state index is 11.6. The number of rotatable bonds is 3. The lowest BCUT2D eigenvalue weighted by Crippen LogP contribution is -2.37. The molecule has 1 heterocycles. The zero-order chi connectivity index (χ0) is 15.8. The van der Waals surface area contributed by atoms with Gasteiger partial charge < -0.3 is 19.8 Å². The standard InChI is InChI=1S/C16H22NO4/c1-10(18)16(3)9-17(11(2)19)8-13(16)12-5-6-15(21-4)14(20)7-12/h5-7,10,13,18,20H,2,8-9H2,1,3-4H3/t10-,13+,16+/m1/s1. The number of hydrogen-bond acceptors (Lipinski definition) is 4. The number of aliphatic hydroxyl groups is 1. The molecule has 115 valence electrons. The monoisotopic (exact) mass is 292 g/mol.